The van der Waals surface area contributed by atoms with Gasteiger partial charge in [0.1, 0.15) is 5.75 Å². The standard InChI is InChI=1S/C17H21ClO4/c1-12(2)5-4-10-21-16(19)8-9-17(20)22-14-6-7-15(18)13(3)11-14/h6-9,11-12H,4-5,10H2,1-3H3/b9-8+. The van der Waals surface area contributed by atoms with Crippen molar-refractivity contribution in [1.29, 1.82) is 0 Å². The van der Waals surface area contributed by atoms with E-state index in [-0.39, 0.29) is 0 Å². The van der Waals surface area contributed by atoms with Crippen LogP contribution in [-0.4, -0.2) is 18.5 Å². The molecule has 22 heavy (non-hydrogen) atoms. The third kappa shape index (κ3) is 7.27. The number of hydrogen-bond donors (Lipinski definition) is 0. The maximum absolute atomic E-state index is 11.6. The van der Waals surface area contributed by atoms with Gasteiger partial charge in [-0.05, 0) is 49.4 Å². The Bertz CT molecular complexity index is 550. The Morgan fingerprint density at radius 2 is 1.91 bits per heavy atom. The maximum Gasteiger partial charge on any atom is 0.336 e. The molecule has 1 aromatic rings. The number of ether oxygens (including phenoxy) is 2. The van der Waals surface area contributed by atoms with Gasteiger partial charge in [-0.1, -0.05) is 25.4 Å². The molecule has 0 atom stereocenters. The second kappa shape index (κ2) is 9.26. The lowest BCUT2D eigenvalue weighted by atomic mass is 10.1. The number of aryl methyl sites for hydroxylation is 1. The lowest BCUT2D eigenvalue weighted by Gasteiger charge is -2.05. The Hall–Kier alpha value is -1.81. The Morgan fingerprint density at radius 3 is 2.55 bits per heavy atom. The fraction of sp³-hybridized carbons (Fsp3) is 0.412. The van der Waals surface area contributed by atoms with Crippen LogP contribution in [0.25, 0.3) is 0 Å². The van der Waals surface area contributed by atoms with Crippen LogP contribution in [-0.2, 0) is 14.3 Å². The molecule has 0 aliphatic carbocycles. The van der Waals surface area contributed by atoms with E-state index in [1.54, 1.807) is 18.2 Å². The molecule has 0 saturated carbocycles. The molecule has 4 nitrogen and oxygen atoms in total. The van der Waals surface area contributed by atoms with Gasteiger partial charge >= 0.3 is 11.9 Å². The molecule has 0 saturated heterocycles. The topological polar surface area (TPSA) is 52.6 Å². The number of rotatable bonds is 7. The van der Waals surface area contributed by atoms with Crippen molar-refractivity contribution >= 4 is 23.5 Å². The third-order valence-corrected chi connectivity index (χ3v) is 3.30. The number of halogens is 1. The minimum absolute atomic E-state index is 0.354. The van der Waals surface area contributed by atoms with Gasteiger partial charge in [-0.3, -0.25) is 0 Å². The van der Waals surface area contributed by atoms with Crippen LogP contribution >= 0.6 is 11.6 Å². The third-order valence-electron chi connectivity index (χ3n) is 2.87. The Morgan fingerprint density at radius 1 is 1.23 bits per heavy atom. The molecule has 0 heterocycles. The van der Waals surface area contributed by atoms with Gasteiger partial charge in [0, 0.05) is 17.2 Å². The molecule has 5 heteroatoms. The van der Waals surface area contributed by atoms with Crippen molar-refractivity contribution < 1.29 is 19.1 Å². The van der Waals surface area contributed by atoms with Crippen molar-refractivity contribution in [2.75, 3.05) is 6.61 Å². The SMILES string of the molecule is Cc1cc(OC(=O)/C=C/C(=O)OCCCC(C)C)ccc1Cl. The summed E-state index contributed by atoms with van der Waals surface area (Å²) >= 11 is 5.88. The number of carbonyl (C=O) groups is 2. The van der Waals surface area contributed by atoms with Gasteiger partial charge in [0.05, 0.1) is 6.61 Å². The monoisotopic (exact) mass is 324 g/mol. The minimum Gasteiger partial charge on any atom is -0.463 e. The number of benzene rings is 1. The second-order valence-electron chi connectivity index (χ2n) is 5.37. The first-order valence-electron chi connectivity index (χ1n) is 7.21. The molecule has 0 radical (unpaired) electrons. The summed E-state index contributed by atoms with van der Waals surface area (Å²) in [5.41, 5.74) is 0.806. The molecule has 0 N–H and O–H groups in total. The predicted molar refractivity (Wildman–Crippen MR) is 86.0 cm³/mol. The highest BCUT2D eigenvalue weighted by Gasteiger charge is 2.05. The van der Waals surface area contributed by atoms with E-state index < -0.39 is 11.9 Å². The van der Waals surface area contributed by atoms with E-state index in [9.17, 15) is 9.59 Å². The van der Waals surface area contributed by atoms with Crippen LogP contribution in [0.5, 0.6) is 5.75 Å². The number of hydrogen-bond acceptors (Lipinski definition) is 4. The summed E-state index contributed by atoms with van der Waals surface area (Å²) in [4.78, 5) is 23.0. The molecule has 1 rings (SSSR count). The average molecular weight is 325 g/mol. The molecule has 0 amide bonds. The molecule has 0 aromatic heterocycles. The van der Waals surface area contributed by atoms with Gasteiger partial charge < -0.3 is 9.47 Å². The molecular formula is C17H21ClO4. The van der Waals surface area contributed by atoms with Crippen LogP contribution in [0.15, 0.2) is 30.4 Å². The van der Waals surface area contributed by atoms with Gasteiger partial charge in [0.25, 0.3) is 0 Å². The van der Waals surface area contributed by atoms with Crippen molar-refractivity contribution in [3.05, 3.63) is 40.9 Å². The highest BCUT2D eigenvalue weighted by atomic mass is 35.5. The summed E-state index contributed by atoms with van der Waals surface area (Å²) in [6.07, 6.45) is 3.93. The maximum atomic E-state index is 11.6. The highest BCUT2D eigenvalue weighted by molar-refractivity contribution is 6.31. The van der Waals surface area contributed by atoms with Gasteiger partial charge in [-0.15, -0.1) is 0 Å². The molecule has 120 valence electrons. The lowest BCUT2D eigenvalue weighted by molar-refractivity contribution is -0.138. The zero-order chi connectivity index (χ0) is 16.5. The van der Waals surface area contributed by atoms with Crippen LogP contribution in [0.4, 0.5) is 0 Å². The van der Waals surface area contributed by atoms with Crippen LogP contribution in [0.1, 0.15) is 32.3 Å². The first-order chi connectivity index (χ1) is 10.4. The summed E-state index contributed by atoms with van der Waals surface area (Å²) in [6.45, 7) is 6.38. The summed E-state index contributed by atoms with van der Waals surface area (Å²) in [5, 5.41) is 0.598. The largest absolute Gasteiger partial charge is 0.463 e. The van der Waals surface area contributed by atoms with E-state index in [4.69, 9.17) is 21.1 Å². The average Bonchev–Trinajstić information content (AvgIpc) is 2.45. The van der Waals surface area contributed by atoms with E-state index in [2.05, 4.69) is 13.8 Å². The molecule has 0 bridgehead atoms. The predicted octanol–water partition coefficient (Wildman–Crippen LogP) is 4.09. The van der Waals surface area contributed by atoms with Crippen LogP contribution < -0.4 is 4.74 Å². The van der Waals surface area contributed by atoms with Crippen molar-refractivity contribution in [3.63, 3.8) is 0 Å². The first-order valence-corrected chi connectivity index (χ1v) is 7.59. The zero-order valence-corrected chi connectivity index (χ0v) is 13.9. The lowest BCUT2D eigenvalue weighted by Crippen LogP contribution is -2.07. The summed E-state index contributed by atoms with van der Waals surface area (Å²) in [7, 11) is 0. The normalized spacial score (nSPS) is 11.0. The van der Waals surface area contributed by atoms with E-state index >= 15 is 0 Å². The molecule has 0 fully saturated rings. The number of esters is 2. The molecule has 0 unspecified atom stereocenters. The van der Waals surface area contributed by atoms with E-state index in [1.165, 1.54) is 0 Å². The number of carbonyl (C=O) groups excluding carboxylic acids is 2. The van der Waals surface area contributed by atoms with Crippen LogP contribution in [0, 0.1) is 12.8 Å². The van der Waals surface area contributed by atoms with Crippen molar-refractivity contribution in [1.82, 2.24) is 0 Å². The van der Waals surface area contributed by atoms with Gasteiger partial charge in [-0.25, -0.2) is 9.59 Å². The van der Waals surface area contributed by atoms with Gasteiger partial charge in [0.2, 0.25) is 0 Å². The Labute approximate surface area is 136 Å². The van der Waals surface area contributed by atoms with E-state index in [0.29, 0.717) is 23.3 Å². The minimum atomic E-state index is -0.638. The molecule has 0 spiro atoms. The van der Waals surface area contributed by atoms with Crippen molar-refractivity contribution in [2.24, 2.45) is 5.92 Å². The van der Waals surface area contributed by atoms with E-state index in [1.807, 2.05) is 6.92 Å². The molecular weight excluding hydrogens is 304 g/mol. The van der Waals surface area contributed by atoms with Crippen LogP contribution in [0.2, 0.25) is 5.02 Å². The van der Waals surface area contributed by atoms with Gasteiger partial charge in [-0.2, -0.15) is 0 Å². The smallest absolute Gasteiger partial charge is 0.336 e. The molecule has 0 aliphatic heterocycles. The fourth-order valence-electron chi connectivity index (χ4n) is 1.68. The molecule has 0 aliphatic rings. The zero-order valence-electron chi connectivity index (χ0n) is 13.1. The highest BCUT2D eigenvalue weighted by Crippen LogP contribution is 2.21. The van der Waals surface area contributed by atoms with Gasteiger partial charge in [0.15, 0.2) is 0 Å². The Balaban J connectivity index is 2.37. The van der Waals surface area contributed by atoms with Crippen molar-refractivity contribution in [3.8, 4) is 5.75 Å². The Kier molecular flexibility index (Phi) is 7.67. The van der Waals surface area contributed by atoms with E-state index in [0.717, 1.165) is 30.6 Å². The van der Waals surface area contributed by atoms with Crippen molar-refractivity contribution in [2.45, 2.75) is 33.6 Å². The summed E-state index contributed by atoms with van der Waals surface area (Å²) in [6, 6.07) is 4.88. The summed E-state index contributed by atoms with van der Waals surface area (Å²) in [5.74, 6) is -0.234. The first kappa shape index (κ1) is 18.2. The second-order valence-corrected chi connectivity index (χ2v) is 5.78. The quantitative estimate of drug-likeness (QED) is 0.328. The fourth-order valence-corrected chi connectivity index (χ4v) is 1.80. The summed E-state index contributed by atoms with van der Waals surface area (Å²) < 4.78 is 10.0. The molecule has 1 aromatic carbocycles. The van der Waals surface area contributed by atoms with Crippen LogP contribution in [0.3, 0.4) is 0 Å².